The van der Waals surface area contributed by atoms with Crippen LogP contribution >= 0.6 is 0 Å². The maximum Gasteiger partial charge on any atom is 0.251 e. The Hall–Kier alpha value is -2.54. The molecule has 150 valence electrons. The number of carbonyl (C=O) groups is 1. The van der Waals surface area contributed by atoms with Crippen molar-refractivity contribution < 1.29 is 17.9 Å². The van der Waals surface area contributed by atoms with Gasteiger partial charge in [-0.05, 0) is 51.1 Å². The van der Waals surface area contributed by atoms with Crippen molar-refractivity contribution in [3.63, 3.8) is 0 Å². The highest BCUT2D eigenvalue weighted by Crippen LogP contribution is 2.39. The summed E-state index contributed by atoms with van der Waals surface area (Å²) >= 11 is 0. The molecule has 0 fully saturated rings. The van der Waals surface area contributed by atoms with E-state index in [1.54, 1.807) is 31.2 Å². The minimum Gasteiger partial charge on any atom is -0.487 e. The van der Waals surface area contributed by atoms with Gasteiger partial charge in [-0.1, -0.05) is 18.2 Å². The van der Waals surface area contributed by atoms with Crippen LogP contribution in [0.1, 0.15) is 49.2 Å². The van der Waals surface area contributed by atoms with E-state index in [2.05, 4.69) is 5.32 Å². The second kappa shape index (κ2) is 7.47. The van der Waals surface area contributed by atoms with E-state index < -0.39 is 10.0 Å². The maximum atomic E-state index is 12.8. The molecule has 2 aromatic rings. The van der Waals surface area contributed by atoms with Gasteiger partial charge in [0.05, 0.1) is 17.5 Å². The normalized spacial score (nSPS) is 17.9. The standard InChI is InChI=1S/C21H26N2O4S/c1-5-28(25,26)23(4)16-12-10-15(11-13-16)20(24)22-18-14-21(2,3)27-19-9-7-6-8-17(18)19/h6-13,18H,5,14H2,1-4H3,(H,22,24)/t18-/m0/s1. The van der Waals surface area contributed by atoms with E-state index in [0.29, 0.717) is 17.7 Å². The van der Waals surface area contributed by atoms with Gasteiger partial charge in [0.1, 0.15) is 11.4 Å². The highest BCUT2D eigenvalue weighted by molar-refractivity contribution is 7.92. The average molecular weight is 403 g/mol. The van der Waals surface area contributed by atoms with Crippen LogP contribution < -0.4 is 14.4 Å². The lowest BCUT2D eigenvalue weighted by Crippen LogP contribution is -2.41. The van der Waals surface area contributed by atoms with Crippen LogP contribution in [0.25, 0.3) is 0 Å². The minimum atomic E-state index is -3.33. The third-order valence-corrected chi connectivity index (χ3v) is 6.73. The summed E-state index contributed by atoms with van der Waals surface area (Å²) in [4.78, 5) is 12.8. The third-order valence-electron chi connectivity index (χ3n) is 4.96. The second-order valence-electron chi connectivity index (χ2n) is 7.54. The Morgan fingerprint density at radius 3 is 2.46 bits per heavy atom. The SMILES string of the molecule is CCS(=O)(=O)N(C)c1ccc(C(=O)N[C@H]2CC(C)(C)Oc3ccccc32)cc1. The number of carbonyl (C=O) groups excluding carboxylic acids is 1. The summed E-state index contributed by atoms with van der Waals surface area (Å²) in [5.74, 6) is 0.598. The van der Waals surface area contributed by atoms with Crippen molar-refractivity contribution in [3.8, 4) is 5.75 Å². The maximum absolute atomic E-state index is 12.8. The Kier molecular flexibility index (Phi) is 5.39. The smallest absolute Gasteiger partial charge is 0.251 e. The Morgan fingerprint density at radius 2 is 1.82 bits per heavy atom. The van der Waals surface area contributed by atoms with Crippen molar-refractivity contribution in [3.05, 3.63) is 59.7 Å². The molecule has 6 nitrogen and oxygen atoms in total. The van der Waals surface area contributed by atoms with Crippen molar-refractivity contribution in [1.29, 1.82) is 0 Å². The summed E-state index contributed by atoms with van der Waals surface area (Å²) in [5.41, 5.74) is 1.58. The Balaban J connectivity index is 1.78. The van der Waals surface area contributed by atoms with Gasteiger partial charge in [-0.2, -0.15) is 0 Å². The van der Waals surface area contributed by atoms with Gasteiger partial charge in [0.2, 0.25) is 10.0 Å². The van der Waals surface area contributed by atoms with Crippen LogP contribution in [0.15, 0.2) is 48.5 Å². The number of amides is 1. The number of ether oxygens (including phenoxy) is 1. The first-order valence-electron chi connectivity index (χ1n) is 9.28. The lowest BCUT2D eigenvalue weighted by molar-refractivity contribution is 0.0619. The molecule has 0 aromatic heterocycles. The highest BCUT2D eigenvalue weighted by atomic mass is 32.2. The van der Waals surface area contributed by atoms with Crippen molar-refractivity contribution in [2.45, 2.75) is 38.8 Å². The molecule has 0 radical (unpaired) electrons. The number of hydrogen-bond acceptors (Lipinski definition) is 4. The average Bonchev–Trinajstić information content (AvgIpc) is 2.66. The molecular weight excluding hydrogens is 376 g/mol. The zero-order valence-corrected chi connectivity index (χ0v) is 17.4. The number of sulfonamides is 1. The number of benzene rings is 2. The first kappa shape index (κ1) is 20.2. The molecule has 7 heteroatoms. The largest absolute Gasteiger partial charge is 0.487 e. The summed E-state index contributed by atoms with van der Waals surface area (Å²) in [7, 11) is -1.83. The molecule has 3 rings (SSSR count). The molecule has 0 aliphatic carbocycles. The zero-order valence-electron chi connectivity index (χ0n) is 16.6. The molecular formula is C21H26N2O4S. The van der Waals surface area contributed by atoms with Gasteiger partial charge >= 0.3 is 0 Å². The van der Waals surface area contributed by atoms with E-state index in [1.165, 1.54) is 11.4 Å². The van der Waals surface area contributed by atoms with Gasteiger partial charge in [0.15, 0.2) is 0 Å². The molecule has 1 N–H and O–H groups in total. The number of anilines is 1. The predicted molar refractivity (Wildman–Crippen MR) is 110 cm³/mol. The molecule has 1 atom stereocenters. The van der Waals surface area contributed by atoms with E-state index in [0.717, 1.165) is 11.3 Å². The molecule has 0 saturated heterocycles. The van der Waals surface area contributed by atoms with Crippen LogP contribution in [-0.4, -0.2) is 32.7 Å². The number of nitrogens with zero attached hydrogens (tertiary/aromatic N) is 1. The summed E-state index contributed by atoms with van der Waals surface area (Å²) in [6, 6.07) is 14.1. The van der Waals surface area contributed by atoms with Crippen molar-refractivity contribution in [1.82, 2.24) is 5.32 Å². The summed E-state index contributed by atoms with van der Waals surface area (Å²) < 4.78 is 31.2. The van der Waals surface area contributed by atoms with Crippen molar-refractivity contribution >= 4 is 21.6 Å². The number of nitrogens with one attached hydrogen (secondary N) is 1. The third kappa shape index (κ3) is 4.14. The molecule has 0 saturated carbocycles. The van der Waals surface area contributed by atoms with E-state index in [1.807, 2.05) is 38.1 Å². The van der Waals surface area contributed by atoms with Gasteiger partial charge in [-0.15, -0.1) is 0 Å². The van der Waals surface area contributed by atoms with Crippen LogP contribution in [0, 0.1) is 0 Å². The second-order valence-corrected chi connectivity index (χ2v) is 9.83. The van der Waals surface area contributed by atoms with Crippen LogP contribution in [0.3, 0.4) is 0 Å². The zero-order chi connectivity index (χ0) is 20.5. The lowest BCUT2D eigenvalue weighted by atomic mass is 9.89. The molecule has 0 spiro atoms. The Morgan fingerprint density at radius 1 is 1.18 bits per heavy atom. The first-order chi connectivity index (χ1) is 13.1. The summed E-state index contributed by atoms with van der Waals surface area (Å²) in [6.45, 7) is 5.60. The fourth-order valence-corrected chi connectivity index (χ4v) is 4.18. The highest BCUT2D eigenvalue weighted by Gasteiger charge is 2.34. The molecule has 0 unspecified atom stereocenters. The van der Waals surface area contributed by atoms with Gasteiger partial charge in [0.25, 0.3) is 5.91 Å². The monoisotopic (exact) mass is 402 g/mol. The number of fused-ring (bicyclic) bond motifs is 1. The van der Waals surface area contributed by atoms with Gasteiger partial charge in [-0.25, -0.2) is 8.42 Å². The minimum absolute atomic E-state index is 0.0185. The Labute approximate surface area is 166 Å². The van der Waals surface area contributed by atoms with Crippen LogP contribution in [-0.2, 0) is 10.0 Å². The van der Waals surface area contributed by atoms with Crippen LogP contribution in [0.2, 0.25) is 0 Å². The van der Waals surface area contributed by atoms with Gasteiger partial charge in [0, 0.05) is 24.6 Å². The molecule has 1 aliphatic rings. The molecule has 28 heavy (non-hydrogen) atoms. The molecule has 1 aliphatic heterocycles. The molecule has 2 aromatic carbocycles. The topological polar surface area (TPSA) is 75.7 Å². The van der Waals surface area contributed by atoms with Crippen molar-refractivity contribution in [2.75, 3.05) is 17.1 Å². The van der Waals surface area contributed by atoms with E-state index in [9.17, 15) is 13.2 Å². The number of rotatable bonds is 5. The summed E-state index contributed by atoms with van der Waals surface area (Å²) in [6.07, 6.45) is 0.658. The molecule has 1 heterocycles. The molecule has 1 amide bonds. The number of hydrogen-bond donors (Lipinski definition) is 1. The van der Waals surface area contributed by atoms with Gasteiger partial charge < -0.3 is 10.1 Å². The lowest BCUT2D eigenvalue weighted by Gasteiger charge is -2.37. The van der Waals surface area contributed by atoms with E-state index >= 15 is 0 Å². The quantitative estimate of drug-likeness (QED) is 0.830. The Bertz CT molecular complexity index is 968. The van der Waals surface area contributed by atoms with Crippen molar-refractivity contribution in [2.24, 2.45) is 0 Å². The first-order valence-corrected chi connectivity index (χ1v) is 10.9. The van der Waals surface area contributed by atoms with Gasteiger partial charge in [-0.3, -0.25) is 9.10 Å². The summed E-state index contributed by atoms with van der Waals surface area (Å²) in [5, 5.41) is 3.09. The van der Waals surface area contributed by atoms with E-state index in [-0.39, 0.29) is 23.3 Å². The fourth-order valence-electron chi connectivity index (χ4n) is 3.35. The fraction of sp³-hybridized carbons (Fsp3) is 0.381. The van der Waals surface area contributed by atoms with Crippen LogP contribution in [0.5, 0.6) is 5.75 Å². The van der Waals surface area contributed by atoms with Crippen LogP contribution in [0.4, 0.5) is 5.69 Å². The van der Waals surface area contributed by atoms with E-state index in [4.69, 9.17) is 4.74 Å². The predicted octanol–water partition coefficient (Wildman–Crippen LogP) is 3.50. The number of para-hydroxylation sites is 1. The molecule has 0 bridgehead atoms.